The molecule has 0 bridgehead atoms. The third-order valence-corrected chi connectivity index (χ3v) is 3.01. The van der Waals surface area contributed by atoms with Crippen LogP contribution in [0, 0.1) is 10.1 Å². The van der Waals surface area contributed by atoms with Crippen molar-refractivity contribution in [2.45, 2.75) is 10.1 Å². The van der Waals surface area contributed by atoms with Gasteiger partial charge in [0, 0.05) is 23.5 Å². The molecular weight excluding hydrogens is 250 g/mol. The first-order valence-corrected chi connectivity index (χ1v) is 5.47. The fourth-order valence-electron chi connectivity index (χ4n) is 1.13. The maximum atomic E-state index is 10.8. The van der Waals surface area contributed by atoms with E-state index >= 15 is 0 Å². The molecule has 0 unspecified atom stereocenters. The largest absolute Gasteiger partial charge is 0.339 e. The summed E-state index contributed by atoms with van der Waals surface area (Å²) in [4.78, 5) is 17.7. The Labute approximate surface area is 100.0 Å². The molecule has 0 aliphatic rings. The zero-order chi connectivity index (χ0) is 11.5. The van der Waals surface area contributed by atoms with Crippen LogP contribution in [-0.4, -0.2) is 14.9 Å². The number of aromatic amines is 1. The normalized spacial score (nSPS) is 10.3. The minimum absolute atomic E-state index is 0.0195. The summed E-state index contributed by atoms with van der Waals surface area (Å²) in [5, 5.41) is 11.8. The lowest BCUT2D eigenvalue weighted by Crippen LogP contribution is -1.90. The molecule has 5 nitrogen and oxygen atoms in total. The second kappa shape index (κ2) is 4.54. The summed E-state index contributed by atoms with van der Waals surface area (Å²) < 4.78 is 0. The number of nitro groups is 1. The van der Waals surface area contributed by atoms with E-state index in [-0.39, 0.29) is 5.69 Å². The van der Waals surface area contributed by atoms with Gasteiger partial charge in [0.25, 0.3) is 5.69 Å². The highest BCUT2D eigenvalue weighted by Crippen LogP contribution is 2.34. The van der Waals surface area contributed by atoms with Gasteiger partial charge < -0.3 is 4.98 Å². The predicted molar refractivity (Wildman–Crippen MR) is 60.8 cm³/mol. The number of imidazole rings is 1. The molecule has 0 aliphatic heterocycles. The quantitative estimate of drug-likeness (QED) is 0.676. The minimum atomic E-state index is -0.461. The van der Waals surface area contributed by atoms with E-state index in [4.69, 9.17) is 11.6 Å². The number of aromatic nitrogens is 2. The number of hydrogen-bond acceptors (Lipinski definition) is 4. The molecule has 1 N–H and O–H groups in total. The number of nitrogens with one attached hydrogen (secondary N) is 1. The molecule has 82 valence electrons. The topological polar surface area (TPSA) is 71.8 Å². The van der Waals surface area contributed by atoms with Crippen molar-refractivity contribution in [1.29, 1.82) is 0 Å². The summed E-state index contributed by atoms with van der Waals surface area (Å²) in [6.45, 7) is 0. The second-order valence-corrected chi connectivity index (χ2v) is 4.33. The van der Waals surface area contributed by atoms with Gasteiger partial charge >= 0.3 is 0 Å². The van der Waals surface area contributed by atoms with Crippen LogP contribution < -0.4 is 0 Å². The summed E-state index contributed by atoms with van der Waals surface area (Å²) in [5.74, 6) is 0. The van der Waals surface area contributed by atoms with Crippen molar-refractivity contribution in [1.82, 2.24) is 9.97 Å². The molecule has 1 aromatic carbocycles. The highest BCUT2D eigenvalue weighted by Gasteiger charge is 2.15. The average Bonchev–Trinajstić information content (AvgIpc) is 2.73. The minimum Gasteiger partial charge on any atom is -0.339 e. The first-order valence-electron chi connectivity index (χ1n) is 4.28. The summed E-state index contributed by atoms with van der Waals surface area (Å²) in [6, 6.07) is 4.54. The molecule has 0 fully saturated rings. The van der Waals surface area contributed by atoms with Gasteiger partial charge in [0.2, 0.25) is 0 Å². The number of nitro benzene ring substituents is 1. The van der Waals surface area contributed by atoms with E-state index in [2.05, 4.69) is 9.97 Å². The van der Waals surface area contributed by atoms with Crippen LogP contribution in [0.5, 0.6) is 0 Å². The molecule has 0 radical (unpaired) electrons. The Bertz CT molecular complexity index is 515. The predicted octanol–water partition coefficient (Wildman–Crippen LogP) is 3.12. The van der Waals surface area contributed by atoms with Gasteiger partial charge in [-0.05, 0) is 23.9 Å². The van der Waals surface area contributed by atoms with Gasteiger partial charge in [-0.3, -0.25) is 10.1 Å². The van der Waals surface area contributed by atoms with Crippen LogP contribution in [0.3, 0.4) is 0 Å². The van der Waals surface area contributed by atoms with Crippen molar-refractivity contribution >= 4 is 29.1 Å². The summed E-state index contributed by atoms with van der Waals surface area (Å²) in [5.41, 5.74) is -0.0195. The average molecular weight is 256 g/mol. The molecule has 0 aliphatic carbocycles. The van der Waals surface area contributed by atoms with Crippen molar-refractivity contribution in [2.24, 2.45) is 0 Å². The fourth-order valence-corrected chi connectivity index (χ4v) is 2.12. The molecule has 7 heteroatoms. The van der Waals surface area contributed by atoms with Crippen LogP contribution in [0.1, 0.15) is 0 Å². The van der Waals surface area contributed by atoms with Crippen LogP contribution in [0.15, 0.2) is 40.6 Å². The second-order valence-electron chi connectivity index (χ2n) is 2.87. The maximum Gasteiger partial charge on any atom is 0.284 e. The molecule has 0 saturated heterocycles. The zero-order valence-corrected chi connectivity index (χ0v) is 9.46. The van der Waals surface area contributed by atoms with Gasteiger partial charge in [-0.25, -0.2) is 4.98 Å². The van der Waals surface area contributed by atoms with E-state index in [1.165, 1.54) is 17.8 Å². The van der Waals surface area contributed by atoms with Gasteiger partial charge in [-0.1, -0.05) is 11.6 Å². The summed E-state index contributed by atoms with van der Waals surface area (Å²) in [6.07, 6.45) is 3.24. The first kappa shape index (κ1) is 11.0. The molecule has 0 spiro atoms. The Balaban J connectivity index is 2.36. The number of nitrogens with zero attached hydrogens (tertiary/aromatic N) is 2. The van der Waals surface area contributed by atoms with E-state index < -0.39 is 4.92 Å². The van der Waals surface area contributed by atoms with E-state index in [0.717, 1.165) is 0 Å². The van der Waals surface area contributed by atoms with Gasteiger partial charge in [0.1, 0.15) is 0 Å². The summed E-state index contributed by atoms with van der Waals surface area (Å²) in [7, 11) is 0. The SMILES string of the molecule is O=[N+]([O-])c1cc(Cl)ccc1Sc1ncc[nH]1. The van der Waals surface area contributed by atoms with Crippen LogP contribution in [-0.2, 0) is 0 Å². The van der Waals surface area contributed by atoms with E-state index in [0.29, 0.717) is 15.1 Å². The Morgan fingerprint density at radius 3 is 2.94 bits per heavy atom. The standard InChI is InChI=1S/C9H6ClN3O2S/c10-6-1-2-8(7(5-6)13(14)15)16-9-11-3-4-12-9/h1-5H,(H,11,12). The number of halogens is 1. The highest BCUT2D eigenvalue weighted by atomic mass is 35.5. The Hall–Kier alpha value is -1.53. The first-order chi connectivity index (χ1) is 7.66. The van der Waals surface area contributed by atoms with Gasteiger partial charge in [0.05, 0.1) is 9.82 Å². The Morgan fingerprint density at radius 1 is 1.50 bits per heavy atom. The highest BCUT2D eigenvalue weighted by molar-refractivity contribution is 7.99. The van der Waals surface area contributed by atoms with Gasteiger partial charge in [0.15, 0.2) is 5.16 Å². The molecule has 16 heavy (non-hydrogen) atoms. The molecule has 2 rings (SSSR count). The third kappa shape index (κ3) is 2.34. The van der Waals surface area contributed by atoms with Crippen LogP contribution >= 0.6 is 23.4 Å². The lowest BCUT2D eigenvalue weighted by molar-refractivity contribution is -0.387. The lowest BCUT2D eigenvalue weighted by atomic mass is 10.3. The molecule has 0 atom stereocenters. The number of hydrogen-bond donors (Lipinski definition) is 1. The van der Waals surface area contributed by atoms with Crippen molar-refractivity contribution in [3.8, 4) is 0 Å². The molecule has 0 amide bonds. The summed E-state index contributed by atoms with van der Waals surface area (Å²) >= 11 is 6.90. The van der Waals surface area contributed by atoms with E-state index in [1.54, 1.807) is 24.5 Å². The van der Waals surface area contributed by atoms with Gasteiger partial charge in [-0.2, -0.15) is 0 Å². The molecular formula is C9H6ClN3O2S. The number of rotatable bonds is 3. The zero-order valence-electron chi connectivity index (χ0n) is 7.88. The monoisotopic (exact) mass is 255 g/mol. The van der Waals surface area contributed by atoms with E-state index in [9.17, 15) is 10.1 Å². The Morgan fingerprint density at radius 2 is 2.31 bits per heavy atom. The maximum absolute atomic E-state index is 10.8. The molecule has 0 saturated carbocycles. The lowest BCUT2D eigenvalue weighted by Gasteiger charge is -2.00. The Kier molecular flexibility index (Phi) is 3.12. The third-order valence-electron chi connectivity index (χ3n) is 1.80. The van der Waals surface area contributed by atoms with Crippen LogP contribution in [0.2, 0.25) is 5.02 Å². The number of H-pyrrole nitrogens is 1. The van der Waals surface area contributed by atoms with Crippen molar-refractivity contribution < 1.29 is 4.92 Å². The number of benzene rings is 1. The van der Waals surface area contributed by atoms with Gasteiger partial charge in [-0.15, -0.1) is 0 Å². The molecule has 1 heterocycles. The van der Waals surface area contributed by atoms with Crippen LogP contribution in [0.25, 0.3) is 0 Å². The van der Waals surface area contributed by atoms with Crippen LogP contribution in [0.4, 0.5) is 5.69 Å². The van der Waals surface area contributed by atoms with E-state index in [1.807, 2.05) is 0 Å². The van der Waals surface area contributed by atoms with Crippen molar-refractivity contribution in [3.05, 3.63) is 45.7 Å². The van der Waals surface area contributed by atoms with Crippen molar-refractivity contribution in [2.75, 3.05) is 0 Å². The molecule has 1 aromatic heterocycles. The molecule has 2 aromatic rings. The fraction of sp³-hybridized carbons (Fsp3) is 0. The smallest absolute Gasteiger partial charge is 0.284 e. The van der Waals surface area contributed by atoms with Crippen molar-refractivity contribution in [3.63, 3.8) is 0 Å².